The molecule has 0 saturated carbocycles. The normalized spacial score (nSPS) is 11.9. The van der Waals surface area contributed by atoms with E-state index in [4.69, 9.17) is 19.3 Å². The number of carbonyl (C=O) groups is 2. The quantitative estimate of drug-likeness (QED) is 0.0786. The Morgan fingerprint density at radius 3 is 2.40 bits per heavy atom. The molecule has 0 spiro atoms. The number of amides is 1. The molecule has 5 rings (SSSR count). The van der Waals surface area contributed by atoms with E-state index in [1.165, 1.54) is 0 Å². The van der Waals surface area contributed by atoms with E-state index in [1.54, 1.807) is 11.9 Å². The third kappa shape index (κ3) is 8.98. The molecular formula is C41H51BrN4O6. The first-order chi connectivity index (χ1) is 24.8. The third-order valence-electron chi connectivity index (χ3n) is 8.99. The lowest BCUT2D eigenvalue weighted by Crippen LogP contribution is -2.34. The van der Waals surface area contributed by atoms with Crippen molar-refractivity contribution in [3.8, 4) is 16.9 Å². The van der Waals surface area contributed by atoms with Gasteiger partial charge in [0.1, 0.15) is 17.0 Å². The Morgan fingerprint density at radius 1 is 0.981 bits per heavy atom. The molecule has 1 amide bonds. The second-order valence-corrected chi connectivity index (χ2v) is 15.0. The zero-order valence-corrected chi connectivity index (χ0v) is 33.0. The summed E-state index contributed by atoms with van der Waals surface area (Å²) in [7, 11) is 3.65. The van der Waals surface area contributed by atoms with Crippen LogP contribution in [0.1, 0.15) is 81.3 Å². The molecule has 0 aliphatic rings. The van der Waals surface area contributed by atoms with Crippen molar-refractivity contribution in [2.45, 2.75) is 90.5 Å². The predicted molar refractivity (Wildman–Crippen MR) is 210 cm³/mol. The van der Waals surface area contributed by atoms with Gasteiger partial charge >= 0.3 is 12.1 Å². The van der Waals surface area contributed by atoms with Crippen molar-refractivity contribution >= 4 is 49.7 Å². The average Bonchev–Trinajstić information content (AvgIpc) is 3.60. The van der Waals surface area contributed by atoms with E-state index in [1.807, 2.05) is 93.4 Å². The summed E-state index contributed by atoms with van der Waals surface area (Å²) in [4.78, 5) is 27.4. The summed E-state index contributed by atoms with van der Waals surface area (Å²) in [5, 5.41) is 19.3. The molecule has 0 radical (unpaired) electrons. The molecule has 1 N–H and O–H groups in total. The Bertz CT molecular complexity index is 2020. The number of halogens is 1. The van der Waals surface area contributed by atoms with Gasteiger partial charge in [-0.05, 0) is 77.3 Å². The molecule has 52 heavy (non-hydrogen) atoms. The van der Waals surface area contributed by atoms with Crippen LogP contribution >= 0.6 is 15.9 Å². The standard InChI is InChI=1S/C41H51BrN4O6/c1-27(2)51-26-33-36(34(25-42)45(7)43-33)32-19-13-18-30-31(20-14-24-50-35-21-12-16-28-15-8-9-17-29(28)35)38(39(47)48)46(37(30)32)23-11-10-22-44(6)40(49)52-41(3,4)5/h8-9,12-13,15-19,21,27H,10-11,14,20,22-26H2,1-7H3,(H,47,48). The van der Waals surface area contributed by atoms with Gasteiger partial charge < -0.3 is 28.8 Å². The summed E-state index contributed by atoms with van der Waals surface area (Å²) in [6.07, 6.45) is 2.09. The van der Waals surface area contributed by atoms with Crippen LogP contribution in [0.15, 0.2) is 60.7 Å². The smallest absolute Gasteiger partial charge is 0.410 e. The van der Waals surface area contributed by atoms with E-state index < -0.39 is 11.6 Å². The van der Waals surface area contributed by atoms with Crippen LogP contribution in [-0.4, -0.2) is 68.3 Å². The number of carboxylic acid groups (broad SMARTS) is 1. The van der Waals surface area contributed by atoms with E-state index >= 15 is 0 Å². The fourth-order valence-electron chi connectivity index (χ4n) is 6.64. The SMILES string of the molecule is CC(C)OCc1nn(C)c(CBr)c1-c1cccc2c(CCCOc3cccc4ccccc34)c(C(=O)O)n(CCCCN(C)C(=O)OC(C)(C)C)c12. The monoisotopic (exact) mass is 774 g/mol. The summed E-state index contributed by atoms with van der Waals surface area (Å²) >= 11 is 3.69. The zero-order chi connectivity index (χ0) is 37.6. The van der Waals surface area contributed by atoms with E-state index in [2.05, 4.69) is 34.1 Å². The predicted octanol–water partition coefficient (Wildman–Crippen LogP) is 9.37. The van der Waals surface area contributed by atoms with Crippen LogP contribution in [0.3, 0.4) is 0 Å². The van der Waals surface area contributed by atoms with Crippen LogP contribution in [0.2, 0.25) is 0 Å². The molecular weight excluding hydrogens is 724 g/mol. The van der Waals surface area contributed by atoms with Gasteiger partial charge in [0.25, 0.3) is 0 Å². The largest absolute Gasteiger partial charge is 0.493 e. The number of aryl methyl sites for hydroxylation is 3. The Balaban J connectivity index is 1.51. The van der Waals surface area contributed by atoms with Gasteiger partial charge in [-0.1, -0.05) is 70.5 Å². The molecule has 278 valence electrons. The molecule has 0 bridgehead atoms. The highest BCUT2D eigenvalue weighted by atomic mass is 79.9. The highest BCUT2D eigenvalue weighted by Gasteiger charge is 2.27. The molecule has 3 aromatic carbocycles. The van der Waals surface area contributed by atoms with Gasteiger partial charge in [-0.3, -0.25) is 4.68 Å². The first kappa shape index (κ1) is 38.9. The number of aromatic nitrogens is 3. The number of nitrogens with zero attached hydrogens (tertiary/aromatic N) is 4. The molecule has 0 unspecified atom stereocenters. The number of para-hydroxylation sites is 1. The third-order valence-corrected chi connectivity index (χ3v) is 9.52. The molecule has 0 saturated heterocycles. The lowest BCUT2D eigenvalue weighted by atomic mass is 9.98. The molecule has 0 aliphatic carbocycles. The van der Waals surface area contributed by atoms with Gasteiger partial charge in [-0.25, -0.2) is 9.59 Å². The van der Waals surface area contributed by atoms with Gasteiger partial charge in [0.15, 0.2) is 0 Å². The minimum atomic E-state index is -0.978. The van der Waals surface area contributed by atoms with Gasteiger partial charge in [0.2, 0.25) is 0 Å². The van der Waals surface area contributed by atoms with E-state index in [-0.39, 0.29) is 17.9 Å². The van der Waals surface area contributed by atoms with E-state index in [0.29, 0.717) is 57.3 Å². The molecule has 0 atom stereocenters. The molecule has 0 fully saturated rings. The summed E-state index contributed by atoms with van der Waals surface area (Å²) in [5.74, 6) is -0.166. The topological polar surface area (TPSA) is 108 Å². The summed E-state index contributed by atoms with van der Waals surface area (Å²) in [6.45, 7) is 11.2. The number of aromatic carboxylic acids is 1. The minimum absolute atomic E-state index is 0.0158. The minimum Gasteiger partial charge on any atom is -0.493 e. The zero-order valence-electron chi connectivity index (χ0n) is 31.4. The van der Waals surface area contributed by atoms with Gasteiger partial charge in [0.05, 0.1) is 36.2 Å². The van der Waals surface area contributed by atoms with Crippen molar-refractivity contribution in [2.75, 3.05) is 20.2 Å². The van der Waals surface area contributed by atoms with Crippen LogP contribution in [0.25, 0.3) is 32.8 Å². The Hall–Kier alpha value is -4.35. The number of alkyl halides is 1. The highest BCUT2D eigenvalue weighted by molar-refractivity contribution is 9.08. The van der Waals surface area contributed by atoms with Crippen molar-refractivity contribution in [1.82, 2.24) is 19.2 Å². The van der Waals surface area contributed by atoms with Gasteiger partial charge in [0, 0.05) is 54.4 Å². The van der Waals surface area contributed by atoms with Crippen molar-refractivity contribution in [3.05, 3.63) is 83.3 Å². The van der Waals surface area contributed by atoms with Crippen molar-refractivity contribution in [3.63, 3.8) is 0 Å². The van der Waals surface area contributed by atoms with Crippen molar-refractivity contribution < 1.29 is 28.9 Å². The molecule has 10 nitrogen and oxygen atoms in total. The second-order valence-electron chi connectivity index (χ2n) is 14.4. The Kier molecular flexibility index (Phi) is 12.7. The number of hydrogen-bond acceptors (Lipinski definition) is 6. The molecule has 5 aromatic rings. The lowest BCUT2D eigenvalue weighted by molar-refractivity contribution is 0.0296. The lowest BCUT2D eigenvalue weighted by Gasteiger charge is -2.24. The van der Waals surface area contributed by atoms with Crippen LogP contribution in [0.4, 0.5) is 4.79 Å². The number of rotatable bonds is 16. The maximum absolute atomic E-state index is 13.2. The van der Waals surface area contributed by atoms with E-state index in [9.17, 15) is 14.7 Å². The Morgan fingerprint density at radius 2 is 1.69 bits per heavy atom. The second kappa shape index (κ2) is 17.0. The maximum Gasteiger partial charge on any atom is 0.410 e. The number of benzene rings is 3. The number of ether oxygens (including phenoxy) is 3. The van der Waals surface area contributed by atoms with Crippen molar-refractivity contribution in [2.24, 2.45) is 7.05 Å². The molecule has 2 heterocycles. The maximum atomic E-state index is 13.2. The molecule has 0 aliphatic heterocycles. The number of carbonyl (C=O) groups excluding carboxylic acids is 1. The molecule has 11 heteroatoms. The number of unbranched alkanes of at least 4 members (excludes halogenated alkanes) is 1. The van der Waals surface area contributed by atoms with Crippen LogP contribution < -0.4 is 4.74 Å². The number of carboxylic acids is 1. The number of hydrogen-bond donors (Lipinski definition) is 1. The highest BCUT2D eigenvalue weighted by Crippen LogP contribution is 2.39. The van der Waals surface area contributed by atoms with Crippen molar-refractivity contribution in [1.29, 1.82) is 0 Å². The Labute approximate surface area is 314 Å². The summed E-state index contributed by atoms with van der Waals surface area (Å²) in [6, 6.07) is 20.2. The first-order valence-electron chi connectivity index (χ1n) is 18.0. The van der Waals surface area contributed by atoms with Gasteiger partial charge in [-0.2, -0.15) is 5.10 Å². The van der Waals surface area contributed by atoms with Crippen LogP contribution in [-0.2, 0) is 41.4 Å². The van der Waals surface area contributed by atoms with Crippen LogP contribution in [0.5, 0.6) is 5.75 Å². The van der Waals surface area contributed by atoms with Gasteiger partial charge in [-0.15, -0.1) is 0 Å². The first-order valence-corrected chi connectivity index (χ1v) is 19.1. The molecule has 2 aromatic heterocycles. The van der Waals surface area contributed by atoms with E-state index in [0.717, 1.165) is 55.5 Å². The summed E-state index contributed by atoms with van der Waals surface area (Å²) in [5.41, 5.74) is 4.95. The fraction of sp³-hybridized carbons (Fsp3) is 0.439. The fourth-order valence-corrected chi connectivity index (χ4v) is 7.28. The average molecular weight is 776 g/mol. The van der Waals surface area contributed by atoms with Crippen LogP contribution in [0, 0.1) is 0 Å². The number of fused-ring (bicyclic) bond motifs is 2. The summed E-state index contributed by atoms with van der Waals surface area (Å²) < 4.78 is 21.7.